The monoisotopic (exact) mass is 456 g/mol. The van der Waals surface area contributed by atoms with Gasteiger partial charge in [-0.2, -0.15) is 0 Å². The molecule has 0 saturated heterocycles. The Morgan fingerprint density at radius 1 is 0.844 bits per heavy atom. The topological polar surface area (TPSA) is 87.2 Å². The van der Waals surface area contributed by atoms with Gasteiger partial charge in [0.2, 0.25) is 0 Å². The number of nitrogens with one attached hydrogen (secondary N) is 1. The van der Waals surface area contributed by atoms with E-state index >= 15 is 0 Å². The van der Waals surface area contributed by atoms with Gasteiger partial charge >= 0.3 is 0 Å². The molecule has 0 radical (unpaired) electrons. The normalized spacial score (nSPS) is 14.2. The molecule has 0 amide bonds. The summed E-state index contributed by atoms with van der Waals surface area (Å²) >= 11 is 0. The summed E-state index contributed by atoms with van der Waals surface area (Å²) in [5, 5.41) is 17.3. The lowest BCUT2D eigenvalue weighted by Gasteiger charge is -2.20. The minimum atomic E-state index is -0.287. The molecule has 0 aromatic carbocycles. The number of hydrogen-bond donors (Lipinski definition) is 3. The van der Waals surface area contributed by atoms with Gasteiger partial charge in [-0.1, -0.05) is 106 Å². The van der Waals surface area contributed by atoms with Crippen LogP contribution in [0, 0.1) is 23.2 Å². The number of rotatable bonds is 17. The molecule has 0 aliphatic rings. The van der Waals surface area contributed by atoms with Crippen molar-refractivity contribution in [2.75, 3.05) is 6.61 Å². The van der Waals surface area contributed by atoms with E-state index in [1.807, 2.05) is 0 Å². The molecule has 32 heavy (non-hydrogen) atoms. The largest absolute Gasteiger partial charge is 0.396 e. The Morgan fingerprint density at radius 2 is 1.41 bits per heavy atom. The van der Waals surface area contributed by atoms with Crippen molar-refractivity contribution < 1.29 is 9.90 Å². The first-order chi connectivity index (χ1) is 15.1. The molecule has 0 aliphatic heterocycles. The zero-order valence-corrected chi connectivity index (χ0v) is 23.1. The highest BCUT2D eigenvalue weighted by Gasteiger charge is 2.16. The molecule has 0 heterocycles. The van der Waals surface area contributed by atoms with Crippen LogP contribution in [-0.4, -0.2) is 29.3 Å². The first-order valence-corrected chi connectivity index (χ1v) is 13.6. The lowest BCUT2D eigenvalue weighted by atomic mass is 9.86. The molecule has 4 unspecified atom stereocenters. The van der Waals surface area contributed by atoms with Crippen molar-refractivity contribution in [1.29, 1.82) is 5.41 Å². The van der Waals surface area contributed by atoms with Gasteiger partial charge in [-0.05, 0) is 50.9 Å². The summed E-state index contributed by atoms with van der Waals surface area (Å²) < 4.78 is 0. The summed E-state index contributed by atoms with van der Waals surface area (Å²) in [5.41, 5.74) is 5.96. The van der Waals surface area contributed by atoms with Gasteiger partial charge in [0.05, 0.1) is 6.04 Å². The van der Waals surface area contributed by atoms with Crippen LogP contribution in [0.3, 0.4) is 0 Å². The van der Waals surface area contributed by atoms with E-state index < -0.39 is 0 Å². The highest BCUT2D eigenvalue weighted by molar-refractivity contribution is 5.84. The molecule has 4 nitrogen and oxygen atoms in total. The van der Waals surface area contributed by atoms with Crippen molar-refractivity contribution in [3.63, 3.8) is 0 Å². The number of nitrogens with two attached hydrogens (primary N) is 1. The van der Waals surface area contributed by atoms with E-state index in [-0.39, 0.29) is 18.4 Å². The fourth-order valence-corrected chi connectivity index (χ4v) is 3.23. The molecular formula is C28H60N2O2. The molecule has 4 heteroatoms. The molecule has 4 atom stereocenters. The van der Waals surface area contributed by atoms with Crippen LogP contribution < -0.4 is 5.73 Å². The minimum Gasteiger partial charge on any atom is -0.396 e. The summed E-state index contributed by atoms with van der Waals surface area (Å²) in [6.45, 7) is 16.8. The maximum atomic E-state index is 10.0. The second kappa shape index (κ2) is 26.5. The van der Waals surface area contributed by atoms with Crippen molar-refractivity contribution in [1.82, 2.24) is 0 Å². The third kappa shape index (κ3) is 25.5. The van der Waals surface area contributed by atoms with Crippen molar-refractivity contribution >= 4 is 11.5 Å². The Kier molecular flexibility index (Phi) is 29.7. The van der Waals surface area contributed by atoms with Gasteiger partial charge in [0.1, 0.15) is 5.78 Å². The van der Waals surface area contributed by atoms with E-state index in [2.05, 4.69) is 41.5 Å². The van der Waals surface area contributed by atoms with Crippen LogP contribution in [0.15, 0.2) is 0 Å². The molecule has 0 aliphatic carbocycles. The number of aliphatic hydroxyl groups is 1. The Hall–Kier alpha value is -0.740. The number of Topliss-reactive ketones (excluding diaryl/α,β-unsaturated/α-hetero) is 1. The first-order valence-electron chi connectivity index (χ1n) is 13.6. The van der Waals surface area contributed by atoms with Gasteiger partial charge in [0.25, 0.3) is 0 Å². The fourth-order valence-electron chi connectivity index (χ4n) is 3.23. The van der Waals surface area contributed by atoms with Crippen LogP contribution in [0.2, 0.25) is 0 Å². The summed E-state index contributed by atoms with van der Waals surface area (Å²) in [6, 6.07) is -0.287. The predicted molar refractivity (Wildman–Crippen MR) is 144 cm³/mol. The summed E-state index contributed by atoms with van der Waals surface area (Å²) in [6.07, 6.45) is 16.1. The van der Waals surface area contributed by atoms with E-state index in [4.69, 9.17) is 16.2 Å². The average Bonchev–Trinajstić information content (AvgIpc) is 2.78. The molecule has 4 N–H and O–H groups in total. The predicted octanol–water partition coefficient (Wildman–Crippen LogP) is 7.95. The first kappa shape index (κ1) is 35.8. The third-order valence-corrected chi connectivity index (χ3v) is 6.27. The van der Waals surface area contributed by atoms with Crippen LogP contribution in [0.1, 0.15) is 139 Å². The van der Waals surface area contributed by atoms with E-state index in [1.165, 1.54) is 58.3 Å². The Morgan fingerprint density at radius 3 is 1.78 bits per heavy atom. The smallest absolute Gasteiger partial charge is 0.146 e. The molecule has 194 valence electrons. The van der Waals surface area contributed by atoms with Crippen molar-refractivity contribution in [2.24, 2.45) is 23.5 Å². The third-order valence-electron chi connectivity index (χ3n) is 6.27. The molecular weight excluding hydrogens is 396 g/mol. The van der Waals surface area contributed by atoms with E-state index in [9.17, 15) is 4.79 Å². The van der Waals surface area contributed by atoms with Crippen molar-refractivity contribution in [3.05, 3.63) is 0 Å². The Labute approximate surface area is 202 Å². The maximum absolute atomic E-state index is 10.0. The minimum absolute atomic E-state index is 0.0370. The lowest BCUT2D eigenvalue weighted by molar-refractivity contribution is -0.117. The Balaban J connectivity index is -0.000000446. The van der Waals surface area contributed by atoms with Crippen LogP contribution in [-0.2, 0) is 4.79 Å². The number of unbranched alkanes of at least 4 members (excludes halogenated alkanes) is 4. The molecule has 0 spiro atoms. The van der Waals surface area contributed by atoms with Gasteiger partial charge in [-0.15, -0.1) is 0 Å². The standard InChI is InChI=1S/C14H29NO.C10H22.C4H9NO/c1-4-7-9-13(8-5-2)14(15)10-12(6-3)11-16;1-4-6-7-8-9-10(3)5-2;1-3(5)4(2)6/h12-13,15-16H,4-11H2,1-3H3;10H,4-9H2,1-3H3;3H,5H2,1-2H3. The van der Waals surface area contributed by atoms with E-state index in [0.29, 0.717) is 11.8 Å². The fraction of sp³-hybridized carbons (Fsp3) is 0.929. The average molecular weight is 457 g/mol. The maximum Gasteiger partial charge on any atom is 0.146 e. The second-order valence-corrected chi connectivity index (χ2v) is 9.58. The summed E-state index contributed by atoms with van der Waals surface area (Å²) in [5.74, 6) is 1.76. The number of aliphatic hydroxyl groups excluding tert-OH is 1. The summed E-state index contributed by atoms with van der Waals surface area (Å²) in [4.78, 5) is 10.0. The number of ketones is 1. The highest BCUT2D eigenvalue weighted by Crippen LogP contribution is 2.21. The molecule has 0 bridgehead atoms. The molecule has 0 saturated carbocycles. The summed E-state index contributed by atoms with van der Waals surface area (Å²) in [7, 11) is 0. The number of carbonyl (C=O) groups is 1. The molecule has 0 rings (SSSR count). The van der Waals surface area contributed by atoms with E-state index in [1.54, 1.807) is 6.92 Å². The van der Waals surface area contributed by atoms with E-state index in [0.717, 1.165) is 43.7 Å². The number of hydrogen-bond acceptors (Lipinski definition) is 4. The van der Waals surface area contributed by atoms with Gasteiger partial charge in [0, 0.05) is 12.3 Å². The van der Waals surface area contributed by atoms with Gasteiger partial charge in [0.15, 0.2) is 0 Å². The zero-order chi connectivity index (χ0) is 25.4. The van der Waals surface area contributed by atoms with Crippen LogP contribution in [0.5, 0.6) is 0 Å². The van der Waals surface area contributed by atoms with Gasteiger partial charge in [-0.3, -0.25) is 4.79 Å². The van der Waals surface area contributed by atoms with Crippen molar-refractivity contribution in [2.45, 2.75) is 145 Å². The highest BCUT2D eigenvalue weighted by atomic mass is 16.3. The lowest BCUT2D eigenvalue weighted by Crippen LogP contribution is -2.23. The van der Waals surface area contributed by atoms with Crippen molar-refractivity contribution in [3.8, 4) is 0 Å². The zero-order valence-electron chi connectivity index (χ0n) is 23.1. The van der Waals surface area contributed by atoms with Crippen LogP contribution in [0.4, 0.5) is 0 Å². The second-order valence-electron chi connectivity index (χ2n) is 9.58. The van der Waals surface area contributed by atoms with Crippen LogP contribution >= 0.6 is 0 Å². The van der Waals surface area contributed by atoms with Gasteiger partial charge < -0.3 is 16.2 Å². The molecule has 0 aromatic heterocycles. The molecule has 0 fully saturated rings. The SMILES string of the molecule is CC(=O)C(C)N.CCCCC(CCC)C(=N)CC(CC)CO.CCCCCCC(C)CC. The number of carbonyl (C=O) groups excluding carboxylic acids is 1. The van der Waals surface area contributed by atoms with Crippen LogP contribution in [0.25, 0.3) is 0 Å². The Bertz CT molecular complexity index is 406. The van der Waals surface area contributed by atoms with Gasteiger partial charge in [-0.25, -0.2) is 0 Å². The molecule has 0 aromatic rings. The quantitative estimate of drug-likeness (QED) is 0.153.